The fraction of sp³-hybridized carbons (Fsp3) is 0.308. The Morgan fingerprint density at radius 1 is 1.40 bits per heavy atom. The summed E-state index contributed by atoms with van der Waals surface area (Å²) in [6.07, 6.45) is 1.13. The number of hydrogen-bond acceptors (Lipinski definition) is 4. The Morgan fingerprint density at radius 3 is 2.55 bits per heavy atom. The maximum Gasteiger partial charge on any atom is 0.325 e. The zero-order valence-corrected chi connectivity index (χ0v) is 12.2. The maximum atomic E-state index is 11.6. The smallest absolute Gasteiger partial charge is 0.325 e. The highest BCUT2D eigenvalue weighted by atomic mass is 32.2. The van der Waals surface area contributed by atoms with Gasteiger partial charge in [0.25, 0.3) is 0 Å². The minimum atomic E-state index is -3.34. The summed E-state index contributed by atoms with van der Waals surface area (Å²) in [5.41, 5.74) is 1.97. The first-order valence-corrected chi connectivity index (χ1v) is 7.87. The largest absolute Gasteiger partial charge is 0.480 e. The fourth-order valence-electron chi connectivity index (χ4n) is 2.32. The van der Waals surface area contributed by atoms with Crippen molar-refractivity contribution < 1.29 is 18.3 Å². The number of likely N-dealkylation sites (N-methyl/N-ethyl adjacent to an activating group) is 1. The second kappa shape index (κ2) is 4.92. The van der Waals surface area contributed by atoms with Gasteiger partial charge in [0.1, 0.15) is 6.04 Å². The van der Waals surface area contributed by atoms with Crippen molar-refractivity contribution in [2.75, 3.05) is 13.3 Å². The molecule has 0 spiro atoms. The summed E-state index contributed by atoms with van der Waals surface area (Å²) in [5.74, 6) is -1.01. The van der Waals surface area contributed by atoms with Gasteiger partial charge < -0.3 is 15.4 Å². The van der Waals surface area contributed by atoms with Crippen molar-refractivity contribution in [1.82, 2.24) is 10.3 Å². The first-order chi connectivity index (χ1) is 9.25. The molecule has 2 rings (SSSR count). The van der Waals surface area contributed by atoms with Crippen molar-refractivity contribution in [2.45, 2.75) is 17.9 Å². The molecule has 20 heavy (non-hydrogen) atoms. The lowest BCUT2D eigenvalue weighted by atomic mass is 10.0. The first kappa shape index (κ1) is 14.5. The van der Waals surface area contributed by atoms with Crippen LogP contribution in [0.5, 0.6) is 0 Å². The van der Waals surface area contributed by atoms with Crippen molar-refractivity contribution in [3.63, 3.8) is 0 Å². The Bertz CT molecular complexity index is 777. The van der Waals surface area contributed by atoms with Crippen LogP contribution in [-0.2, 0) is 14.6 Å². The van der Waals surface area contributed by atoms with E-state index in [4.69, 9.17) is 0 Å². The fourth-order valence-corrected chi connectivity index (χ4v) is 2.97. The number of carboxylic acids is 1. The van der Waals surface area contributed by atoms with Crippen molar-refractivity contribution in [3.05, 3.63) is 29.5 Å². The molecule has 6 nitrogen and oxygen atoms in total. The van der Waals surface area contributed by atoms with E-state index in [1.165, 1.54) is 12.1 Å². The summed E-state index contributed by atoms with van der Waals surface area (Å²) in [4.78, 5) is 14.6. The minimum Gasteiger partial charge on any atom is -0.480 e. The number of sulfone groups is 1. The zero-order chi connectivity index (χ0) is 15.1. The normalized spacial score (nSPS) is 13.6. The number of nitrogens with one attached hydrogen (secondary N) is 2. The average Bonchev–Trinajstić information content (AvgIpc) is 2.65. The van der Waals surface area contributed by atoms with Gasteiger partial charge >= 0.3 is 5.97 Å². The van der Waals surface area contributed by atoms with Crippen molar-refractivity contribution in [2.24, 2.45) is 0 Å². The Labute approximate surface area is 116 Å². The highest BCUT2D eigenvalue weighted by molar-refractivity contribution is 7.90. The van der Waals surface area contributed by atoms with Crippen LogP contribution >= 0.6 is 0 Å². The number of carbonyl (C=O) groups is 1. The average molecular weight is 296 g/mol. The molecule has 1 heterocycles. The number of fused-ring (bicyclic) bond motifs is 1. The molecule has 0 amide bonds. The number of aliphatic carboxylic acids is 1. The van der Waals surface area contributed by atoms with Gasteiger partial charge in [-0.1, -0.05) is 0 Å². The van der Waals surface area contributed by atoms with Crippen LogP contribution < -0.4 is 5.32 Å². The molecule has 1 aromatic heterocycles. The van der Waals surface area contributed by atoms with Crippen LogP contribution in [0.15, 0.2) is 23.1 Å². The third kappa shape index (κ3) is 2.41. The molecule has 108 valence electrons. The van der Waals surface area contributed by atoms with E-state index in [9.17, 15) is 18.3 Å². The molecule has 0 aliphatic heterocycles. The predicted molar refractivity (Wildman–Crippen MR) is 75.6 cm³/mol. The molecule has 1 atom stereocenters. The van der Waals surface area contributed by atoms with Crippen LogP contribution in [0, 0.1) is 6.92 Å². The quantitative estimate of drug-likeness (QED) is 0.788. The summed E-state index contributed by atoms with van der Waals surface area (Å²) in [6, 6.07) is 3.78. The van der Waals surface area contributed by atoms with E-state index in [0.29, 0.717) is 22.2 Å². The number of aryl methyl sites for hydroxylation is 1. The summed E-state index contributed by atoms with van der Waals surface area (Å²) in [5, 5.41) is 12.6. The number of rotatable bonds is 4. The van der Waals surface area contributed by atoms with Crippen LogP contribution in [0.4, 0.5) is 0 Å². The van der Waals surface area contributed by atoms with Gasteiger partial charge in [-0.25, -0.2) is 8.42 Å². The molecule has 0 aliphatic carbocycles. The van der Waals surface area contributed by atoms with E-state index in [-0.39, 0.29) is 4.90 Å². The standard InChI is InChI=1S/C13H16N2O4S/c1-7-11(12(14-2)13(16)17)9-6-8(20(3,18)19)4-5-10(9)15-7/h4-6,12,14-15H,1-3H3,(H,16,17). The SMILES string of the molecule is CNC(C(=O)O)c1c(C)[nH]c2ccc(S(C)(=O)=O)cc12. The van der Waals surface area contributed by atoms with Gasteiger partial charge in [-0.3, -0.25) is 4.79 Å². The van der Waals surface area contributed by atoms with E-state index in [1.54, 1.807) is 20.0 Å². The van der Waals surface area contributed by atoms with Crippen LogP contribution in [0.1, 0.15) is 17.3 Å². The second-order valence-corrected chi connectivity index (χ2v) is 6.72. The molecule has 0 saturated heterocycles. The Hall–Kier alpha value is -1.86. The molecule has 1 aromatic carbocycles. The van der Waals surface area contributed by atoms with Gasteiger partial charge in [-0.2, -0.15) is 0 Å². The molecule has 0 fully saturated rings. The molecular formula is C13H16N2O4S. The molecule has 3 N–H and O–H groups in total. The topological polar surface area (TPSA) is 99.3 Å². The summed E-state index contributed by atoms with van der Waals surface area (Å²) < 4.78 is 23.3. The lowest BCUT2D eigenvalue weighted by Crippen LogP contribution is -2.25. The molecule has 0 saturated carbocycles. The molecule has 0 radical (unpaired) electrons. The number of hydrogen-bond donors (Lipinski definition) is 3. The van der Waals surface area contributed by atoms with Gasteiger partial charge in [-0.15, -0.1) is 0 Å². The first-order valence-electron chi connectivity index (χ1n) is 5.98. The van der Waals surface area contributed by atoms with E-state index in [0.717, 1.165) is 6.26 Å². The second-order valence-electron chi connectivity index (χ2n) is 4.70. The molecule has 2 aromatic rings. The van der Waals surface area contributed by atoms with Gasteiger partial charge in [0.2, 0.25) is 0 Å². The van der Waals surface area contributed by atoms with Gasteiger partial charge in [-0.05, 0) is 32.2 Å². The van der Waals surface area contributed by atoms with Crippen LogP contribution in [0.3, 0.4) is 0 Å². The molecule has 1 unspecified atom stereocenters. The number of carboxylic acid groups (broad SMARTS) is 1. The van der Waals surface area contributed by atoms with Crippen LogP contribution in [-0.4, -0.2) is 37.8 Å². The Balaban J connectivity index is 2.77. The lowest BCUT2D eigenvalue weighted by molar-refractivity contribution is -0.139. The van der Waals surface area contributed by atoms with Crippen molar-refractivity contribution in [1.29, 1.82) is 0 Å². The van der Waals surface area contributed by atoms with Gasteiger partial charge in [0, 0.05) is 28.4 Å². The van der Waals surface area contributed by atoms with Gasteiger partial charge in [0.15, 0.2) is 9.84 Å². The highest BCUT2D eigenvalue weighted by Gasteiger charge is 2.24. The molecular weight excluding hydrogens is 280 g/mol. The van der Waals surface area contributed by atoms with Crippen LogP contribution in [0.2, 0.25) is 0 Å². The van der Waals surface area contributed by atoms with Crippen molar-refractivity contribution in [3.8, 4) is 0 Å². The molecule has 7 heteroatoms. The van der Waals surface area contributed by atoms with Crippen molar-refractivity contribution >= 4 is 26.7 Å². The minimum absolute atomic E-state index is 0.172. The Morgan fingerprint density at radius 2 is 2.05 bits per heavy atom. The van der Waals surface area contributed by atoms with E-state index in [2.05, 4.69) is 10.3 Å². The Kier molecular flexibility index (Phi) is 3.58. The zero-order valence-electron chi connectivity index (χ0n) is 11.4. The third-order valence-corrected chi connectivity index (χ3v) is 4.37. The summed E-state index contributed by atoms with van der Waals surface area (Å²) in [7, 11) is -1.78. The monoisotopic (exact) mass is 296 g/mol. The van der Waals surface area contributed by atoms with E-state index in [1.807, 2.05) is 0 Å². The maximum absolute atomic E-state index is 11.6. The third-order valence-electron chi connectivity index (χ3n) is 3.26. The van der Waals surface area contributed by atoms with E-state index < -0.39 is 21.8 Å². The predicted octanol–water partition coefficient (Wildman–Crippen LogP) is 1.22. The lowest BCUT2D eigenvalue weighted by Gasteiger charge is -2.12. The number of aromatic nitrogens is 1. The highest BCUT2D eigenvalue weighted by Crippen LogP contribution is 2.29. The summed E-state index contributed by atoms with van der Waals surface area (Å²) in [6.45, 7) is 1.77. The number of H-pyrrole nitrogens is 1. The van der Waals surface area contributed by atoms with Gasteiger partial charge in [0.05, 0.1) is 4.90 Å². The van der Waals surface area contributed by atoms with E-state index >= 15 is 0 Å². The molecule has 0 bridgehead atoms. The number of aromatic amines is 1. The number of benzene rings is 1. The summed E-state index contributed by atoms with van der Waals surface area (Å²) >= 11 is 0. The van der Waals surface area contributed by atoms with Crippen LogP contribution in [0.25, 0.3) is 10.9 Å². The molecule has 0 aliphatic rings.